The summed E-state index contributed by atoms with van der Waals surface area (Å²) >= 11 is 9.30. The highest BCUT2D eigenvalue weighted by Crippen LogP contribution is 2.23. The summed E-state index contributed by atoms with van der Waals surface area (Å²) in [6, 6.07) is 12.9. The van der Waals surface area contributed by atoms with Crippen LogP contribution in [0.25, 0.3) is 0 Å². The number of sulfonamides is 1. The minimum atomic E-state index is -3.76. The van der Waals surface area contributed by atoms with E-state index in [-0.39, 0.29) is 12.5 Å². The third kappa shape index (κ3) is 7.21. The molecule has 0 saturated heterocycles. The van der Waals surface area contributed by atoms with E-state index in [0.29, 0.717) is 28.1 Å². The summed E-state index contributed by atoms with van der Waals surface area (Å²) < 4.78 is 26.8. The molecule has 0 radical (unpaired) electrons. The maximum atomic E-state index is 13.4. The van der Waals surface area contributed by atoms with E-state index in [1.807, 2.05) is 6.92 Å². The van der Waals surface area contributed by atoms with E-state index in [4.69, 9.17) is 11.6 Å². The lowest BCUT2D eigenvalue weighted by molar-refractivity contribution is -0.140. The molecule has 0 fully saturated rings. The molecule has 10 heteroatoms. The van der Waals surface area contributed by atoms with Crippen molar-refractivity contribution in [3.05, 3.63) is 63.6 Å². The standard InChI is InChI=1S/C22H27BrClN3O4S/c1-4-20(22(29)25-5-2)26(14-16-9-11-18(24)12-10-16)21(28)15-27(32(3,30)31)19-8-6-7-17(23)13-19/h6-13,20H,4-5,14-15H2,1-3H3,(H,25,29)/t20-/m1/s1. The number of halogens is 2. The number of nitrogens with one attached hydrogen (secondary N) is 1. The fourth-order valence-electron chi connectivity index (χ4n) is 3.24. The predicted molar refractivity (Wildman–Crippen MR) is 131 cm³/mol. The Morgan fingerprint density at radius 3 is 2.31 bits per heavy atom. The largest absolute Gasteiger partial charge is 0.355 e. The second-order valence-electron chi connectivity index (χ2n) is 7.22. The highest BCUT2D eigenvalue weighted by atomic mass is 79.9. The van der Waals surface area contributed by atoms with Crippen LogP contribution in [0.1, 0.15) is 25.8 Å². The van der Waals surface area contributed by atoms with Gasteiger partial charge in [0.25, 0.3) is 0 Å². The molecule has 2 amide bonds. The van der Waals surface area contributed by atoms with Gasteiger partial charge < -0.3 is 10.2 Å². The van der Waals surface area contributed by atoms with E-state index in [2.05, 4.69) is 21.2 Å². The number of rotatable bonds is 10. The number of benzene rings is 2. The van der Waals surface area contributed by atoms with Crippen molar-refractivity contribution >= 4 is 55.1 Å². The monoisotopic (exact) mass is 543 g/mol. The quantitative estimate of drug-likeness (QED) is 0.493. The van der Waals surface area contributed by atoms with E-state index < -0.39 is 28.5 Å². The van der Waals surface area contributed by atoms with Crippen molar-refractivity contribution in [3.8, 4) is 0 Å². The molecule has 0 aliphatic carbocycles. The number of carbonyl (C=O) groups excluding carboxylic acids is 2. The molecule has 2 aromatic carbocycles. The molecule has 32 heavy (non-hydrogen) atoms. The van der Waals surface area contributed by atoms with Crippen LogP contribution in [0.15, 0.2) is 53.0 Å². The second-order valence-corrected chi connectivity index (χ2v) is 10.5. The van der Waals surface area contributed by atoms with Gasteiger partial charge >= 0.3 is 0 Å². The first-order valence-electron chi connectivity index (χ1n) is 10.1. The molecule has 2 aromatic rings. The van der Waals surface area contributed by atoms with Crippen LogP contribution in [0.4, 0.5) is 5.69 Å². The average Bonchev–Trinajstić information content (AvgIpc) is 2.72. The molecule has 1 N–H and O–H groups in total. The topological polar surface area (TPSA) is 86.8 Å². The van der Waals surface area contributed by atoms with Gasteiger partial charge in [0.15, 0.2) is 0 Å². The molecule has 0 unspecified atom stereocenters. The van der Waals surface area contributed by atoms with Gasteiger partial charge in [-0.2, -0.15) is 0 Å². The van der Waals surface area contributed by atoms with Crippen LogP contribution < -0.4 is 9.62 Å². The van der Waals surface area contributed by atoms with Crippen LogP contribution in [0.3, 0.4) is 0 Å². The van der Waals surface area contributed by atoms with Gasteiger partial charge in [0.2, 0.25) is 21.8 Å². The summed E-state index contributed by atoms with van der Waals surface area (Å²) in [5.41, 5.74) is 1.13. The van der Waals surface area contributed by atoms with Crippen molar-refractivity contribution in [2.75, 3.05) is 23.7 Å². The highest BCUT2D eigenvalue weighted by Gasteiger charge is 2.31. The minimum Gasteiger partial charge on any atom is -0.355 e. The molecule has 0 aliphatic rings. The highest BCUT2D eigenvalue weighted by molar-refractivity contribution is 9.10. The Bertz CT molecular complexity index is 1050. The predicted octanol–water partition coefficient (Wildman–Crippen LogP) is 3.81. The summed E-state index contributed by atoms with van der Waals surface area (Å²) in [6.45, 7) is 3.74. The summed E-state index contributed by atoms with van der Waals surface area (Å²) in [6.07, 6.45) is 1.42. The van der Waals surface area contributed by atoms with Crippen LogP contribution in [-0.2, 0) is 26.2 Å². The van der Waals surface area contributed by atoms with Gasteiger partial charge in [0, 0.05) is 22.6 Å². The SMILES string of the molecule is CCNC(=O)[C@@H](CC)N(Cc1ccc(Cl)cc1)C(=O)CN(c1cccc(Br)c1)S(C)(=O)=O. The van der Waals surface area contributed by atoms with Crippen molar-refractivity contribution < 1.29 is 18.0 Å². The van der Waals surface area contributed by atoms with E-state index in [9.17, 15) is 18.0 Å². The first kappa shape index (κ1) is 26.2. The maximum absolute atomic E-state index is 13.4. The number of anilines is 1. The number of likely N-dealkylation sites (N-methyl/N-ethyl adjacent to an activating group) is 1. The lowest BCUT2D eigenvalue weighted by atomic mass is 10.1. The summed E-state index contributed by atoms with van der Waals surface area (Å²) in [4.78, 5) is 27.6. The normalized spacial score (nSPS) is 12.2. The molecule has 0 spiro atoms. The summed E-state index contributed by atoms with van der Waals surface area (Å²) in [5, 5.41) is 3.31. The molecule has 2 rings (SSSR count). The molecule has 174 valence electrons. The molecule has 0 aliphatic heterocycles. The first-order chi connectivity index (χ1) is 15.1. The van der Waals surface area contributed by atoms with Crippen molar-refractivity contribution in [2.24, 2.45) is 0 Å². The maximum Gasteiger partial charge on any atom is 0.244 e. The molecule has 7 nitrogen and oxygen atoms in total. The van der Waals surface area contributed by atoms with Crippen molar-refractivity contribution in [3.63, 3.8) is 0 Å². The van der Waals surface area contributed by atoms with Gasteiger partial charge in [-0.15, -0.1) is 0 Å². The van der Waals surface area contributed by atoms with Crippen molar-refractivity contribution in [2.45, 2.75) is 32.9 Å². The van der Waals surface area contributed by atoms with Crippen LogP contribution in [0, 0.1) is 0 Å². The van der Waals surface area contributed by atoms with Crippen molar-refractivity contribution in [1.82, 2.24) is 10.2 Å². The Labute approximate surface area is 202 Å². The van der Waals surface area contributed by atoms with Crippen LogP contribution in [0.2, 0.25) is 5.02 Å². The Kier molecular flexibility index (Phi) is 9.54. The minimum absolute atomic E-state index is 0.141. The summed E-state index contributed by atoms with van der Waals surface area (Å²) in [5.74, 6) is -0.769. The lowest BCUT2D eigenvalue weighted by Gasteiger charge is -2.32. The van der Waals surface area contributed by atoms with E-state index >= 15 is 0 Å². The lowest BCUT2D eigenvalue weighted by Crippen LogP contribution is -2.52. The molecule has 0 bridgehead atoms. The molecule has 0 saturated carbocycles. The van der Waals surface area contributed by atoms with Crippen molar-refractivity contribution in [1.29, 1.82) is 0 Å². The van der Waals surface area contributed by atoms with Crippen LogP contribution in [-0.4, -0.2) is 50.5 Å². The van der Waals surface area contributed by atoms with Gasteiger partial charge in [0.05, 0.1) is 11.9 Å². The van der Waals surface area contributed by atoms with Crippen LogP contribution in [0.5, 0.6) is 0 Å². The van der Waals surface area contributed by atoms with Gasteiger partial charge in [-0.1, -0.05) is 52.7 Å². The van der Waals surface area contributed by atoms with E-state index in [1.54, 1.807) is 55.5 Å². The number of amides is 2. The fourth-order valence-corrected chi connectivity index (χ4v) is 4.60. The molecule has 0 heterocycles. The smallest absolute Gasteiger partial charge is 0.244 e. The van der Waals surface area contributed by atoms with Crippen LogP contribution >= 0.6 is 27.5 Å². The zero-order valence-electron chi connectivity index (χ0n) is 18.2. The van der Waals surface area contributed by atoms with Gasteiger partial charge in [-0.05, 0) is 49.2 Å². The first-order valence-corrected chi connectivity index (χ1v) is 13.1. The average molecular weight is 545 g/mol. The molecular formula is C22H27BrClN3O4S. The zero-order chi connectivity index (χ0) is 23.9. The molecule has 0 aromatic heterocycles. The fraction of sp³-hybridized carbons (Fsp3) is 0.364. The number of hydrogen-bond donors (Lipinski definition) is 1. The Morgan fingerprint density at radius 2 is 1.78 bits per heavy atom. The Balaban J connectivity index is 2.42. The van der Waals surface area contributed by atoms with Gasteiger partial charge in [0.1, 0.15) is 12.6 Å². The Hall–Kier alpha value is -2.10. The number of nitrogens with zero attached hydrogens (tertiary/aromatic N) is 2. The second kappa shape index (κ2) is 11.7. The zero-order valence-corrected chi connectivity index (χ0v) is 21.4. The number of carbonyl (C=O) groups is 2. The van der Waals surface area contributed by atoms with E-state index in [0.717, 1.165) is 16.1 Å². The Morgan fingerprint density at radius 1 is 1.12 bits per heavy atom. The van der Waals surface area contributed by atoms with Gasteiger partial charge in [-0.3, -0.25) is 13.9 Å². The van der Waals surface area contributed by atoms with Gasteiger partial charge in [-0.25, -0.2) is 8.42 Å². The van der Waals surface area contributed by atoms with E-state index in [1.165, 1.54) is 4.90 Å². The molecular weight excluding hydrogens is 518 g/mol. The third-order valence-corrected chi connectivity index (χ3v) is 6.66. The third-order valence-electron chi connectivity index (χ3n) is 4.78. The number of hydrogen-bond acceptors (Lipinski definition) is 4. The molecule has 1 atom stereocenters. The summed E-state index contributed by atoms with van der Waals surface area (Å²) in [7, 11) is -3.76.